The number of hydrogen-bond acceptors (Lipinski definition) is 5. The Morgan fingerprint density at radius 3 is 3.31 bits per heavy atom. The molecule has 2 rings (SSSR count). The fraction of sp³-hybridized carbons (Fsp3) is 0.750. The van der Waals surface area contributed by atoms with E-state index in [0.717, 1.165) is 24.6 Å². The van der Waals surface area contributed by atoms with E-state index in [9.17, 15) is 0 Å². The maximum atomic E-state index is 5.45. The van der Waals surface area contributed by atoms with Crippen molar-refractivity contribution in [1.29, 1.82) is 0 Å². The van der Waals surface area contributed by atoms with Crippen LogP contribution >= 0.6 is 11.3 Å². The van der Waals surface area contributed by atoms with Crippen LogP contribution in [0, 0.1) is 0 Å². The summed E-state index contributed by atoms with van der Waals surface area (Å²) in [4.78, 5) is 0. The molecule has 0 bridgehead atoms. The lowest BCUT2D eigenvalue weighted by Crippen LogP contribution is -2.32. The molecule has 1 aromatic rings. The number of nitrogens with zero attached hydrogens (tertiary/aromatic N) is 2. The topological polar surface area (TPSA) is 47.0 Å². The van der Waals surface area contributed by atoms with Gasteiger partial charge in [-0.1, -0.05) is 11.3 Å². The maximum Gasteiger partial charge on any atom is 0.205 e. The molecule has 1 fully saturated rings. The average molecular weight is 199 g/mol. The zero-order valence-electron chi connectivity index (χ0n) is 7.56. The minimum Gasteiger partial charge on any atom is -0.378 e. The van der Waals surface area contributed by atoms with Gasteiger partial charge in [0.15, 0.2) is 0 Å². The Morgan fingerprint density at radius 2 is 2.62 bits per heavy atom. The second-order valence-corrected chi connectivity index (χ2v) is 4.12. The van der Waals surface area contributed by atoms with Crippen LogP contribution in [0.25, 0.3) is 0 Å². The van der Waals surface area contributed by atoms with E-state index < -0.39 is 0 Å². The standard InChI is InChI=1S/C8H13N3OS/c1-6-4-7(2-3-12-6)10-8-11-9-5-13-8/h5-7H,2-4H2,1H3,(H,10,11). The van der Waals surface area contributed by atoms with Crippen LogP contribution in [0.15, 0.2) is 5.51 Å². The van der Waals surface area contributed by atoms with Crippen LogP contribution < -0.4 is 5.32 Å². The van der Waals surface area contributed by atoms with Crippen LogP contribution in [0.3, 0.4) is 0 Å². The van der Waals surface area contributed by atoms with Crippen molar-refractivity contribution in [2.45, 2.75) is 31.9 Å². The molecule has 0 saturated carbocycles. The Hall–Kier alpha value is -0.680. The summed E-state index contributed by atoms with van der Waals surface area (Å²) in [6.45, 7) is 2.95. The van der Waals surface area contributed by atoms with Crippen molar-refractivity contribution in [3.8, 4) is 0 Å². The first kappa shape index (κ1) is 8.90. The summed E-state index contributed by atoms with van der Waals surface area (Å²) in [7, 11) is 0. The third kappa shape index (κ3) is 2.38. The van der Waals surface area contributed by atoms with E-state index >= 15 is 0 Å². The number of hydrogen-bond donors (Lipinski definition) is 1. The highest BCUT2D eigenvalue weighted by atomic mass is 32.1. The molecule has 1 aliphatic rings. The molecule has 2 heterocycles. The molecule has 5 heteroatoms. The molecule has 0 radical (unpaired) electrons. The second-order valence-electron chi connectivity index (χ2n) is 3.29. The van der Waals surface area contributed by atoms with E-state index in [0.29, 0.717) is 12.1 Å². The molecule has 72 valence electrons. The van der Waals surface area contributed by atoms with Crippen molar-refractivity contribution < 1.29 is 4.74 Å². The van der Waals surface area contributed by atoms with Crippen LogP contribution in [0.2, 0.25) is 0 Å². The molecule has 4 nitrogen and oxygen atoms in total. The fourth-order valence-electron chi connectivity index (χ4n) is 1.54. The zero-order chi connectivity index (χ0) is 9.10. The van der Waals surface area contributed by atoms with Gasteiger partial charge < -0.3 is 10.1 Å². The number of anilines is 1. The highest BCUT2D eigenvalue weighted by Crippen LogP contribution is 2.18. The van der Waals surface area contributed by atoms with Crippen LogP contribution in [0.4, 0.5) is 5.13 Å². The van der Waals surface area contributed by atoms with Gasteiger partial charge in [-0.2, -0.15) is 0 Å². The molecule has 0 spiro atoms. The third-order valence-corrected chi connectivity index (χ3v) is 2.80. The number of rotatable bonds is 2. The van der Waals surface area contributed by atoms with Gasteiger partial charge in [0.25, 0.3) is 0 Å². The summed E-state index contributed by atoms with van der Waals surface area (Å²) >= 11 is 1.54. The molecular formula is C8H13N3OS. The molecule has 13 heavy (non-hydrogen) atoms. The number of aromatic nitrogens is 2. The van der Waals surface area contributed by atoms with Crippen molar-refractivity contribution in [1.82, 2.24) is 10.2 Å². The quantitative estimate of drug-likeness (QED) is 0.784. The van der Waals surface area contributed by atoms with Crippen LogP contribution in [-0.4, -0.2) is 29.0 Å². The lowest BCUT2D eigenvalue weighted by molar-refractivity contribution is 0.0232. The molecule has 0 aliphatic carbocycles. The van der Waals surface area contributed by atoms with Crippen molar-refractivity contribution >= 4 is 16.5 Å². The predicted molar refractivity (Wildman–Crippen MR) is 52.0 cm³/mol. The first-order chi connectivity index (χ1) is 6.34. The lowest BCUT2D eigenvalue weighted by atomic mass is 10.1. The highest BCUT2D eigenvalue weighted by molar-refractivity contribution is 7.13. The smallest absolute Gasteiger partial charge is 0.205 e. The van der Waals surface area contributed by atoms with E-state index in [1.54, 1.807) is 16.8 Å². The van der Waals surface area contributed by atoms with Gasteiger partial charge in [0.1, 0.15) is 5.51 Å². The Bertz CT molecular complexity index is 252. The van der Waals surface area contributed by atoms with Crippen molar-refractivity contribution in [2.75, 3.05) is 11.9 Å². The van der Waals surface area contributed by atoms with E-state index in [1.807, 2.05) is 0 Å². The monoisotopic (exact) mass is 199 g/mol. The number of nitrogens with one attached hydrogen (secondary N) is 1. The van der Waals surface area contributed by atoms with Crippen LogP contribution in [0.5, 0.6) is 0 Å². The van der Waals surface area contributed by atoms with Gasteiger partial charge in [-0.25, -0.2) is 0 Å². The van der Waals surface area contributed by atoms with Crippen molar-refractivity contribution in [3.63, 3.8) is 0 Å². The van der Waals surface area contributed by atoms with Gasteiger partial charge in [-0.05, 0) is 19.8 Å². The van der Waals surface area contributed by atoms with Gasteiger partial charge in [0.2, 0.25) is 5.13 Å². The SMILES string of the molecule is CC1CC(Nc2nncs2)CCO1. The maximum absolute atomic E-state index is 5.45. The Morgan fingerprint density at radius 1 is 1.69 bits per heavy atom. The number of ether oxygens (including phenoxy) is 1. The average Bonchev–Trinajstić information content (AvgIpc) is 2.57. The summed E-state index contributed by atoms with van der Waals surface area (Å²) in [5.41, 5.74) is 1.74. The van der Waals surface area contributed by atoms with E-state index in [1.165, 1.54) is 0 Å². The molecule has 1 aromatic heterocycles. The van der Waals surface area contributed by atoms with E-state index in [2.05, 4.69) is 22.4 Å². The van der Waals surface area contributed by atoms with E-state index in [4.69, 9.17) is 4.74 Å². The third-order valence-electron chi connectivity index (χ3n) is 2.17. The van der Waals surface area contributed by atoms with Gasteiger partial charge in [0.05, 0.1) is 6.10 Å². The van der Waals surface area contributed by atoms with Crippen LogP contribution in [0.1, 0.15) is 19.8 Å². The van der Waals surface area contributed by atoms with Gasteiger partial charge in [-0.3, -0.25) is 0 Å². The van der Waals surface area contributed by atoms with Crippen molar-refractivity contribution in [3.05, 3.63) is 5.51 Å². The minimum absolute atomic E-state index is 0.360. The molecule has 2 unspecified atom stereocenters. The van der Waals surface area contributed by atoms with E-state index in [-0.39, 0.29) is 0 Å². The predicted octanol–water partition coefficient (Wildman–Crippen LogP) is 1.52. The Labute approximate surface area is 81.3 Å². The molecule has 2 atom stereocenters. The van der Waals surface area contributed by atoms with Crippen molar-refractivity contribution in [2.24, 2.45) is 0 Å². The van der Waals surface area contributed by atoms with Gasteiger partial charge >= 0.3 is 0 Å². The Balaban J connectivity index is 1.87. The fourth-order valence-corrected chi connectivity index (χ4v) is 2.06. The normalized spacial score (nSPS) is 28.7. The molecular weight excluding hydrogens is 186 g/mol. The first-order valence-corrected chi connectivity index (χ1v) is 5.37. The molecule has 1 N–H and O–H groups in total. The summed E-state index contributed by atoms with van der Waals surface area (Å²) in [5, 5.41) is 12.0. The summed E-state index contributed by atoms with van der Waals surface area (Å²) in [6.07, 6.45) is 2.47. The lowest BCUT2D eigenvalue weighted by Gasteiger charge is -2.27. The Kier molecular flexibility index (Phi) is 2.75. The minimum atomic E-state index is 0.360. The second kappa shape index (κ2) is 4.02. The molecule has 0 amide bonds. The zero-order valence-corrected chi connectivity index (χ0v) is 8.38. The molecule has 0 aromatic carbocycles. The molecule has 1 aliphatic heterocycles. The first-order valence-electron chi connectivity index (χ1n) is 4.49. The van der Waals surface area contributed by atoms with Gasteiger partial charge in [-0.15, -0.1) is 10.2 Å². The van der Waals surface area contributed by atoms with Crippen LogP contribution in [-0.2, 0) is 4.74 Å². The highest BCUT2D eigenvalue weighted by Gasteiger charge is 2.19. The largest absolute Gasteiger partial charge is 0.378 e. The molecule has 1 saturated heterocycles. The van der Waals surface area contributed by atoms with Gasteiger partial charge in [0, 0.05) is 12.6 Å². The summed E-state index contributed by atoms with van der Waals surface area (Å²) < 4.78 is 5.45. The summed E-state index contributed by atoms with van der Waals surface area (Å²) in [5.74, 6) is 0. The summed E-state index contributed by atoms with van der Waals surface area (Å²) in [6, 6.07) is 0.497.